The number of esters is 3. The topological polar surface area (TPSA) is 90.9 Å². The van der Waals surface area contributed by atoms with E-state index in [4.69, 9.17) is 4.74 Å². The fraction of sp³-hybridized carbons (Fsp3) is 0.235. The molecule has 0 fully saturated rings. The summed E-state index contributed by atoms with van der Waals surface area (Å²) in [5, 5.41) is 2.81. The van der Waals surface area contributed by atoms with Crippen molar-refractivity contribution in [3.05, 3.63) is 46.1 Å². The maximum atomic E-state index is 11.8. The molecule has 7 nitrogen and oxygen atoms in total. The van der Waals surface area contributed by atoms with Gasteiger partial charge in [0.2, 0.25) is 0 Å². The minimum absolute atomic E-state index is 0.109. The number of benzene rings is 1. The lowest BCUT2D eigenvalue weighted by molar-refractivity contribution is -0.138. The number of methoxy groups -OCH3 is 2. The zero-order chi connectivity index (χ0) is 18.8. The van der Waals surface area contributed by atoms with E-state index in [9.17, 15) is 14.4 Å². The molecule has 25 heavy (non-hydrogen) atoms. The number of nitrogens with one attached hydrogen (secondary N) is 1. The summed E-state index contributed by atoms with van der Waals surface area (Å²) in [5.74, 6) is -1.95. The fourth-order valence-corrected chi connectivity index (χ4v) is 2.09. The standard InChI is InChI=1S/C17H18BrNO6/c1-4-25-15(20)8-5-11-9-12(18)6-7-13(11)19-14(17(22)24-3)10-16(21)23-2/h5-10,19H,4H2,1-3H3/b8-5?,14-10+. The maximum absolute atomic E-state index is 11.8. The molecule has 134 valence electrons. The molecule has 0 atom stereocenters. The van der Waals surface area contributed by atoms with E-state index in [0.29, 0.717) is 11.3 Å². The summed E-state index contributed by atoms with van der Waals surface area (Å²) in [6, 6.07) is 5.13. The summed E-state index contributed by atoms with van der Waals surface area (Å²) in [5.41, 5.74) is 0.953. The van der Waals surface area contributed by atoms with Gasteiger partial charge in [-0.3, -0.25) is 0 Å². The van der Waals surface area contributed by atoms with E-state index in [2.05, 4.69) is 30.7 Å². The summed E-state index contributed by atoms with van der Waals surface area (Å²) in [6.45, 7) is 1.97. The van der Waals surface area contributed by atoms with Crippen LogP contribution in [-0.2, 0) is 28.6 Å². The minimum atomic E-state index is -0.742. The van der Waals surface area contributed by atoms with Crippen molar-refractivity contribution in [3.63, 3.8) is 0 Å². The Morgan fingerprint density at radius 2 is 1.88 bits per heavy atom. The van der Waals surface area contributed by atoms with Crippen LogP contribution in [0.1, 0.15) is 12.5 Å². The zero-order valence-electron chi connectivity index (χ0n) is 14.0. The third kappa shape index (κ3) is 6.80. The summed E-state index contributed by atoms with van der Waals surface area (Å²) in [4.78, 5) is 34.8. The number of anilines is 1. The lowest BCUT2D eigenvalue weighted by atomic mass is 10.1. The van der Waals surface area contributed by atoms with Crippen molar-refractivity contribution in [2.45, 2.75) is 6.92 Å². The van der Waals surface area contributed by atoms with Gasteiger partial charge in [0.05, 0.1) is 26.9 Å². The molecule has 0 aliphatic rings. The molecule has 1 aromatic carbocycles. The smallest absolute Gasteiger partial charge is 0.354 e. The normalized spacial score (nSPS) is 11.1. The minimum Gasteiger partial charge on any atom is -0.466 e. The second-order valence-electron chi connectivity index (χ2n) is 4.51. The van der Waals surface area contributed by atoms with Crippen LogP contribution in [0.2, 0.25) is 0 Å². The highest BCUT2D eigenvalue weighted by atomic mass is 79.9. The Morgan fingerprint density at radius 3 is 2.48 bits per heavy atom. The molecule has 0 aliphatic carbocycles. The van der Waals surface area contributed by atoms with Crippen molar-refractivity contribution in [2.24, 2.45) is 0 Å². The zero-order valence-corrected chi connectivity index (χ0v) is 15.6. The van der Waals surface area contributed by atoms with Crippen LogP contribution in [-0.4, -0.2) is 38.7 Å². The summed E-state index contributed by atoms with van der Waals surface area (Å²) >= 11 is 3.34. The van der Waals surface area contributed by atoms with Gasteiger partial charge in [-0.2, -0.15) is 0 Å². The second-order valence-corrected chi connectivity index (χ2v) is 5.43. The van der Waals surface area contributed by atoms with Crippen LogP contribution in [0.15, 0.2) is 40.5 Å². The Bertz CT molecular complexity index is 711. The molecule has 1 N–H and O–H groups in total. The maximum Gasteiger partial charge on any atom is 0.354 e. The van der Waals surface area contributed by atoms with Gasteiger partial charge in [-0.15, -0.1) is 0 Å². The third-order valence-corrected chi connectivity index (χ3v) is 3.33. The van der Waals surface area contributed by atoms with Gasteiger partial charge in [-0.1, -0.05) is 15.9 Å². The van der Waals surface area contributed by atoms with Gasteiger partial charge < -0.3 is 19.5 Å². The largest absolute Gasteiger partial charge is 0.466 e. The van der Waals surface area contributed by atoms with Crippen molar-refractivity contribution in [3.8, 4) is 0 Å². The van der Waals surface area contributed by atoms with E-state index in [1.807, 2.05) is 0 Å². The number of hydrogen-bond donors (Lipinski definition) is 1. The molecule has 0 unspecified atom stereocenters. The first-order valence-electron chi connectivity index (χ1n) is 7.20. The van der Waals surface area contributed by atoms with Gasteiger partial charge in [-0.05, 0) is 36.8 Å². The SMILES string of the molecule is CCOC(=O)C=Cc1cc(Br)ccc1N/C(=C/C(=O)OC)C(=O)OC. The third-order valence-electron chi connectivity index (χ3n) is 2.84. The van der Waals surface area contributed by atoms with Gasteiger partial charge in [0.15, 0.2) is 0 Å². The molecule has 0 aliphatic heterocycles. The van der Waals surface area contributed by atoms with Crippen LogP contribution in [0.4, 0.5) is 5.69 Å². The first-order chi connectivity index (χ1) is 11.9. The van der Waals surface area contributed by atoms with E-state index in [-0.39, 0.29) is 12.3 Å². The highest BCUT2D eigenvalue weighted by molar-refractivity contribution is 9.10. The number of carbonyl (C=O) groups excluding carboxylic acids is 3. The summed E-state index contributed by atoms with van der Waals surface area (Å²) < 4.78 is 14.8. The van der Waals surface area contributed by atoms with Crippen molar-refractivity contribution in [1.82, 2.24) is 0 Å². The molecule has 0 bridgehead atoms. The molecular weight excluding hydrogens is 394 g/mol. The number of ether oxygens (including phenoxy) is 3. The van der Waals surface area contributed by atoms with Crippen LogP contribution in [0.25, 0.3) is 6.08 Å². The highest BCUT2D eigenvalue weighted by Crippen LogP contribution is 2.24. The average molecular weight is 412 g/mol. The molecule has 0 heterocycles. The van der Waals surface area contributed by atoms with Crippen LogP contribution in [0.5, 0.6) is 0 Å². The molecule has 0 radical (unpaired) electrons. The lowest BCUT2D eigenvalue weighted by Gasteiger charge is -2.12. The predicted octanol–water partition coefficient (Wildman–Crippen LogP) is 2.67. The Labute approximate surface area is 153 Å². The molecule has 0 saturated carbocycles. The quantitative estimate of drug-likeness (QED) is 0.418. The number of hydrogen-bond acceptors (Lipinski definition) is 7. The summed E-state index contributed by atoms with van der Waals surface area (Å²) in [7, 11) is 2.39. The Balaban J connectivity index is 3.18. The molecule has 1 aromatic rings. The number of carbonyl (C=O) groups is 3. The van der Waals surface area contributed by atoms with E-state index >= 15 is 0 Å². The first kappa shape index (κ1) is 20.4. The van der Waals surface area contributed by atoms with Crippen molar-refractivity contribution < 1.29 is 28.6 Å². The predicted molar refractivity (Wildman–Crippen MR) is 95.5 cm³/mol. The van der Waals surface area contributed by atoms with Gasteiger partial charge in [0, 0.05) is 16.2 Å². The van der Waals surface area contributed by atoms with Crippen LogP contribution >= 0.6 is 15.9 Å². The number of halogens is 1. The molecule has 0 aromatic heterocycles. The van der Waals surface area contributed by atoms with Gasteiger partial charge >= 0.3 is 17.9 Å². The lowest BCUT2D eigenvalue weighted by Crippen LogP contribution is -2.16. The Morgan fingerprint density at radius 1 is 1.16 bits per heavy atom. The number of rotatable bonds is 7. The second kappa shape index (κ2) is 10.3. The summed E-state index contributed by atoms with van der Waals surface area (Å²) in [6.07, 6.45) is 3.77. The highest BCUT2D eigenvalue weighted by Gasteiger charge is 2.14. The van der Waals surface area contributed by atoms with E-state index in [1.165, 1.54) is 26.4 Å². The van der Waals surface area contributed by atoms with Crippen LogP contribution in [0.3, 0.4) is 0 Å². The monoisotopic (exact) mass is 411 g/mol. The van der Waals surface area contributed by atoms with E-state index < -0.39 is 17.9 Å². The molecule has 0 amide bonds. The molecule has 1 rings (SSSR count). The Kier molecular flexibility index (Phi) is 8.42. The van der Waals surface area contributed by atoms with Crippen LogP contribution in [0, 0.1) is 0 Å². The van der Waals surface area contributed by atoms with Gasteiger partial charge in [0.25, 0.3) is 0 Å². The Hall–Kier alpha value is -2.61. The fourth-order valence-electron chi connectivity index (χ4n) is 1.71. The van der Waals surface area contributed by atoms with E-state index in [1.54, 1.807) is 25.1 Å². The first-order valence-corrected chi connectivity index (χ1v) is 8.00. The van der Waals surface area contributed by atoms with Crippen molar-refractivity contribution in [2.75, 3.05) is 26.1 Å². The van der Waals surface area contributed by atoms with Crippen molar-refractivity contribution in [1.29, 1.82) is 0 Å². The van der Waals surface area contributed by atoms with Gasteiger partial charge in [0.1, 0.15) is 5.70 Å². The molecular formula is C17H18BrNO6. The van der Waals surface area contributed by atoms with E-state index in [0.717, 1.165) is 10.5 Å². The average Bonchev–Trinajstić information content (AvgIpc) is 2.60. The molecule has 0 spiro atoms. The van der Waals surface area contributed by atoms with Crippen LogP contribution < -0.4 is 5.32 Å². The molecule has 0 saturated heterocycles. The van der Waals surface area contributed by atoms with Gasteiger partial charge in [-0.25, -0.2) is 14.4 Å². The van der Waals surface area contributed by atoms with Crippen molar-refractivity contribution >= 4 is 45.6 Å². The molecule has 8 heteroatoms.